The SMILES string of the molecule is COc1ccc(Cl)cc1/C(O)=C1\C(=O)C(=O)N(CCN(C)C)C1c1cccc(OC(C)C)c1. The van der Waals surface area contributed by atoms with E-state index in [1.165, 1.54) is 18.1 Å². The molecule has 176 valence electrons. The second-order valence-electron chi connectivity index (χ2n) is 8.38. The highest BCUT2D eigenvalue weighted by Gasteiger charge is 2.46. The van der Waals surface area contributed by atoms with E-state index in [-0.39, 0.29) is 23.0 Å². The van der Waals surface area contributed by atoms with E-state index >= 15 is 0 Å². The van der Waals surface area contributed by atoms with E-state index in [2.05, 4.69) is 0 Å². The lowest BCUT2D eigenvalue weighted by Crippen LogP contribution is -2.35. The summed E-state index contributed by atoms with van der Waals surface area (Å²) in [5.74, 6) is -0.804. The molecule has 1 N–H and O–H groups in total. The predicted octanol–water partition coefficient (Wildman–Crippen LogP) is 4.12. The number of amides is 1. The van der Waals surface area contributed by atoms with Gasteiger partial charge in [0.2, 0.25) is 0 Å². The molecule has 0 saturated carbocycles. The Morgan fingerprint density at radius 1 is 1.18 bits per heavy atom. The van der Waals surface area contributed by atoms with Crippen molar-refractivity contribution in [2.75, 3.05) is 34.3 Å². The monoisotopic (exact) mass is 472 g/mol. The molecular weight excluding hydrogens is 444 g/mol. The van der Waals surface area contributed by atoms with Crippen molar-refractivity contribution in [1.82, 2.24) is 9.80 Å². The zero-order chi connectivity index (χ0) is 24.3. The van der Waals surface area contributed by atoms with Crippen LogP contribution in [0, 0.1) is 0 Å². The van der Waals surface area contributed by atoms with E-state index in [1.54, 1.807) is 24.3 Å². The van der Waals surface area contributed by atoms with Crippen molar-refractivity contribution in [3.63, 3.8) is 0 Å². The molecule has 1 atom stereocenters. The number of likely N-dealkylation sites (N-methyl/N-ethyl adjacent to an activating group) is 1. The smallest absolute Gasteiger partial charge is 0.295 e. The van der Waals surface area contributed by atoms with Crippen molar-refractivity contribution in [2.45, 2.75) is 26.0 Å². The Morgan fingerprint density at radius 3 is 2.55 bits per heavy atom. The Hall–Kier alpha value is -3.03. The van der Waals surface area contributed by atoms with Gasteiger partial charge in [0.05, 0.1) is 30.4 Å². The molecule has 8 heteroatoms. The highest BCUT2D eigenvalue weighted by Crippen LogP contribution is 2.42. The second-order valence-corrected chi connectivity index (χ2v) is 8.82. The van der Waals surface area contributed by atoms with Crippen LogP contribution in [0.3, 0.4) is 0 Å². The molecule has 1 unspecified atom stereocenters. The second kappa shape index (κ2) is 10.3. The fourth-order valence-electron chi connectivity index (χ4n) is 3.81. The van der Waals surface area contributed by atoms with Gasteiger partial charge in [-0.15, -0.1) is 0 Å². The summed E-state index contributed by atoms with van der Waals surface area (Å²) in [4.78, 5) is 29.6. The third-order valence-electron chi connectivity index (χ3n) is 5.29. The molecule has 0 spiro atoms. The lowest BCUT2D eigenvalue weighted by Gasteiger charge is -2.27. The molecule has 3 rings (SSSR count). The lowest BCUT2D eigenvalue weighted by molar-refractivity contribution is -0.140. The Bertz CT molecular complexity index is 1080. The van der Waals surface area contributed by atoms with Gasteiger partial charge < -0.3 is 24.4 Å². The zero-order valence-corrected chi connectivity index (χ0v) is 20.2. The number of hydrogen-bond donors (Lipinski definition) is 1. The maximum Gasteiger partial charge on any atom is 0.295 e. The normalized spacial score (nSPS) is 17.8. The van der Waals surface area contributed by atoms with E-state index in [4.69, 9.17) is 21.1 Å². The number of rotatable bonds is 8. The van der Waals surface area contributed by atoms with Crippen molar-refractivity contribution in [3.05, 3.63) is 64.2 Å². The Balaban J connectivity index is 2.20. The number of hydrogen-bond acceptors (Lipinski definition) is 6. The molecule has 0 radical (unpaired) electrons. The molecule has 2 aromatic carbocycles. The number of carbonyl (C=O) groups excluding carboxylic acids is 2. The maximum absolute atomic E-state index is 13.2. The van der Waals surface area contributed by atoms with Gasteiger partial charge in [0.15, 0.2) is 0 Å². The summed E-state index contributed by atoms with van der Waals surface area (Å²) >= 11 is 6.15. The highest BCUT2D eigenvalue weighted by molar-refractivity contribution is 6.46. The van der Waals surface area contributed by atoms with Gasteiger partial charge >= 0.3 is 0 Å². The Morgan fingerprint density at radius 2 is 1.91 bits per heavy atom. The molecule has 0 aromatic heterocycles. The first kappa shape index (κ1) is 24.6. The van der Waals surface area contributed by atoms with Crippen LogP contribution in [0.4, 0.5) is 0 Å². The van der Waals surface area contributed by atoms with Crippen LogP contribution in [0.25, 0.3) is 5.76 Å². The van der Waals surface area contributed by atoms with Crippen molar-refractivity contribution in [2.24, 2.45) is 0 Å². The predicted molar refractivity (Wildman–Crippen MR) is 128 cm³/mol. The summed E-state index contributed by atoms with van der Waals surface area (Å²) in [6.07, 6.45) is -0.0453. The van der Waals surface area contributed by atoms with Gasteiger partial charge in [-0.3, -0.25) is 9.59 Å². The van der Waals surface area contributed by atoms with Crippen LogP contribution >= 0.6 is 11.6 Å². The first-order valence-corrected chi connectivity index (χ1v) is 11.1. The van der Waals surface area contributed by atoms with Crippen molar-refractivity contribution in [1.29, 1.82) is 0 Å². The highest BCUT2D eigenvalue weighted by atomic mass is 35.5. The van der Waals surface area contributed by atoms with Crippen LogP contribution in [0.1, 0.15) is 31.0 Å². The maximum atomic E-state index is 13.2. The van der Waals surface area contributed by atoms with Crippen molar-refractivity contribution in [3.8, 4) is 11.5 Å². The molecule has 1 aliphatic rings. The van der Waals surface area contributed by atoms with Crippen LogP contribution < -0.4 is 9.47 Å². The van der Waals surface area contributed by atoms with Gasteiger partial charge in [0.25, 0.3) is 11.7 Å². The van der Waals surface area contributed by atoms with Crippen LogP contribution in [0.5, 0.6) is 11.5 Å². The fraction of sp³-hybridized carbons (Fsp3) is 0.360. The third-order valence-corrected chi connectivity index (χ3v) is 5.53. The molecule has 1 fully saturated rings. The molecule has 1 saturated heterocycles. The average molecular weight is 473 g/mol. The molecule has 33 heavy (non-hydrogen) atoms. The first-order valence-electron chi connectivity index (χ1n) is 10.7. The average Bonchev–Trinajstić information content (AvgIpc) is 3.01. The summed E-state index contributed by atoms with van der Waals surface area (Å²) in [6, 6.07) is 11.2. The molecule has 1 aliphatic heterocycles. The molecule has 7 nitrogen and oxygen atoms in total. The molecule has 0 aliphatic carbocycles. The van der Waals surface area contributed by atoms with Crippen LogP contribution in [-0.4, -0.2) is 67.0 Å². The van der Waals surface area contributed by atoms with E-state index in [0.29, 0.717) is 35.2 Å². The van der Waals surface area contributed by atoms with Crippen molar-refractivity contribution < 1.29 is 24.2 Å². The number of ether oxygens (including phenoxy) is 2. The number of benzene rings is 2. The number of nitrogens with zero attached hydrogens (tertiary/aromatic N) is 2. The van der Waals surface area contributed by atoms with E-state index in [0.717, 1.165) is 0 Å². The summed E-state index contributed by atoms with van der Waals surface area (Å²) in [5, 5.41) is 11.7. The number of aliphatic hydroxyl groups excluding tert-OH is 1. The number of aliphatic hydroxyl groups is 1. The largest absolute Gasteiger partial charge is 0.507 e. The van der Waals surface area contributed by atoms with Crippen LogP contribution in [0.2, 0.25) is 5.02 Å². The van der Waals surface area contributed by atoms with Gasteiger partial charge in [0.1, 0.15) is 17.3 Å². The standard InChI is InChI=1S/C25H29ClN2O5/c1-15(2)33-18-8-6-7-16(13-18)22-21(24(30)25(31)28(22)12-11-27(3)4)23(29)19-14-17(26)9-10-20(19)32-5/h6-10,13-15,22,29H,11-12H2,1-5H3/b23-21+. The number of likely N-dealkylation sites (tertiary alicyclic amines) is 1. The summed E-state index contributed by atoms with van der Waals surface area (Å²) in [6.45, 7) is 4.69. The summed E-state index contributed by atoms with van der Waals surface area (Å²) < 4.78 is 11.2. The number of halogens is 1. The van der Waals surface area contributed by atoms with Crippen LogP contribution in [-0.2, 0) is 9.59 Å². The topological polar surface area (TPSA) is 79.3 Å². The van der Waals surface area contributed by atoms with E-state index in [1.807, 2.05) is 45.0 Å². The van der Waals surface area contributed by atoms with E-state index in [9.17, 15) is 14.7 Å². The molecule has 1 heterocycles. The number of Topliss-reactive ketones (excluding diaryl/α,β-unsaturated/α-hetero) is 1. The van der Waals surface area contributed by atoms with Gasteiger partial charge in [-0.25, -0.2) is 0 Å². The van der Waals surface area contributed by atoms with Gasteiger partial charge in [-0.05, 0) is 63.8 Å². The van der Waals surface area contributed by atoms with Gasteiger partial charge in [-0.2, -0.15) is 0 Å². The van der Waals surface area contributed by atoms with Gasteiger partial charge in [0, 0.05) is 18.1 Å². The molecular formula is C25H29ClN2O5. The minimum atomic E-state index is -0.788. The molecule has 1 amide bonds. The van der Waals surface area contributed by atoms with E-state index < -0.39 is 17.7 Å². The van der Waals surface area contributed by atoms with Gasteiger partial charge in [-0.1, -0.05) is 23.7 Å². The Labute approximate surface area is 199 Å². The first-order chi connectivity index (χ1) is 15.6. The number of ketones is 1. The summed E-state index contributed by atoms with van der Waals surface area (Å²) in [5.41, 5.74) is 0.893. The molecule has 0 bridgehead atoms. The Kier molecular flexibility index (Phi) is 7.66. The summed E-state index contributed by atoms with van der Waals surface area (Å²) in [7, 11) is 5.24. The fourth-order valence-corrected chi connectivity index (χ4v) is 3.98. The number of carbonyl (C=O) groups is 2. The zero-order valence-electron chi connectivity index (χ0n) is 19.5. The van der Waals surface area contributed by atoms with Crippen molar-refractivity contribution >= 4 is 29.1 Å². The lowest BCUT2D eigenvalue weighted by atomic mass is 9.95. The number of methoxy groups -OCH3 is 1. The third kappa shape index (κ3) is 5.31. The minimum absolute atomic E-state index is 0.0129. The minimum Gasteiger partial charge on any atom is -0.507 e. The molecule has 2 aromatic rings. The quantitative estimate of drug-likeness (QED) is 0.353. The van der Waals surface area contributed by atoms with Crippen LogP contribution in [0.15, 0.2) is 48.0 Å².